The molecule has 1 N–H and O–H groups in total. The van der Waals surface area contributed by atoms with E-state index in [0.717, 1.165) is 11.1 Å². The molecule has 7 nitrogen and oxygen atoms in total. The SMILES string of the molecule is COc1cc(Cl)c(C)cc1N1CCN(CC(=O)NCc2ccccc2)C(=O)C1=O. The molecule has 8 heteroatoms. The Kier molecular flexibility index (Phi) is 6.39. The van der Waals surface area contributed by atoms with Crippen LogP contribution in [0.15, 0.2) is 42.5 Å². The molecule has 0 saturated carbocycles. The molecule has 1 heterocycles. The third-order valence-electron chi connectivity index (χ3n) is 4.73. The summed E-state index contributed by atoms with van der Waals surface area (Å²) in [5, 5.41) is 3.28. The van der Waals surface area contributed by atoms with Crippen LogP contribution < -0.4 is 15.0 Å². The predicted octanol–water partition coefficient (Wildman–Crippen LogP) is 2.15. The van der Waals surface area contributed by atoms with Crippen molar-refractivity contribution in [1.29, 1.82) is 0 Å². The van der Waals surface area contributed by atoms with Gasteiger partial charge in [0.25, 0.3) is 0 Å². The fraction of sp³-hybridized carbons (Fsp3) is 0.286. The molecular weight excluding hydrogens is 394 g/mol. The average Bonchev–Trinajstić information content (AvgIpc) is 2.72. The number of halogens is 1. The summed E-state index contributed by atoms with van der Waals surface area (Å²) in [6, 6.07) is 12.8. The minimum atomic E-state index is -0.722. The second-order valence-electron chi connectivity index (χ2n) is 6.72. The predicted molar refractivity (Wildman–Crippen MR) is 110 cm³/mol. The highest BCUT2D eigenvalue weighted by atomic mass is 35.5. The highest BCUT2D eigenvalue weighted by Crippen LogP contribution is 2.34. The highest BCUT2D eigenvalue weighted by molar-refractivity contribution is 6.41. The number of hydrogen-bond donors (Lipinski definition) is 1. The standard InChI is InChI=1S/C21H22ClN3O4/c1-14-10-17(18(29-2)11-16(14)22)25-9-8-24(20(27)21(25)28)13-19(26)23-12-15-6-4-3-5-7-15/h3-7,10-11H,8-9,12-13H2,1-2H3,(H,23,26). The van der Waals surface area contributed by atoms with E-state index in [2.05, 4.69) is 5.32 Å². The smallest absolute Gasteiger partial charge is 0.316 e. The zero-order valence-corrected chi connectivity index (χ0v) is 17.0. The number of aryl methyl sites for hydroxylation is 1. The van der Waals surface area contributed by atoms with E-state index < -0.39 is 11.8 Å². The Morgan fingerprint density at radius 2 is 1.86 bits per heavy atom. The third-order valence-corrected chi connectivity index (χ3v) is 5.13. The topological polar surface area (TPSA) is 79.0 Å². The van der Waals surface area contributed by atoms with Gasteiger partial charge in [-0.15, -0.1) is 0 Å². The Morgan fingerprint density at radius 3 is 2.55 bits per heavy atom. The van der Waals surface area contributed by atoms with Crippen molar-refractivity contribution in [3.63, 3.8) is 0 Å². The van der Waals surface area contributed by atoms with Gasteiger partial charge in [0.15, 0.2) is 0 Å². The summed E-state index contributed by atoms with van der Waals surface area (Å²) >= 11 is 6.12. The molecule has 3 amide bonds. The zero-order valence-electron chi connectivity index (χ0n) is 16.3. The van der Waals surface area contributed by atoms with Gasteiger partial charge in [0.1, 0.15) is 12.3 Å². The van der Waals surface area contributed by atoms with E-state index >= 15 is 0 Å². The van der Waals surface area contributed by atoms with Crippen molar-refractivity contribution in [2.75, 3.05) is 31.6 Å². The van der Waals surface area contributed by atoms with E-state index in [1.54, 1.807) is 12.1 Å². The summed E-state index contributed by atoms with van der Waals surface area (Å²) in [6.45, 7) is 2.51. The van der Waals surface area contributed by atoms with Gasteiger partial charge in [-0.25, -0.2) is 0 Å². The van der Waals surface area contributed by atoms with Crippen molar-refractivity contribution in [3.05, 3.63) is 58.6 Å². The number of nitrogens with one attached hydrogen (secondary N) is 1. The lowest BCUT2D eigenvalue weighted by Crippen LogP contribution is -2.56. The van der Waals surface area contributed by atoms with Gasteiger partial charge in [-0.05, 0) is 24.1 Å². The monoisotopic (exact) mass is 415 g/mol. The van der Waals surface area contributed by atoms with Crippen molar-refractivity contribution in [2.24, 2.45) is 0 Å². The lowest BCUT2D eigenvalue weighted by Gasteiger charge is -2.34. The van der Waals surface area contributed by atoms with Gasteiger partial charge in [0.05, 0.1) is 12.8 Å². The lowest BCUT2D eigenvalue weighted by atomic mass is 10.1. The first kappa shape index (κ1) is 20.7. The first-order valence-corrected chi connectivity index (χ1v) is 9.54. The van der Waals surface area contributed by atoms with E-state index in [1.807, 2.05) is 37.3 Å². The number of nitrogens with zero attached hydrogens (tertiary/aromatic N) is 2. The second kappa shape index (κ2) is 8.96. The van der Waals surface area contributed by atoms with Crippen LogP contribution in [0.3, 0.4) is 0 Å². The number of carbonyl (C=O) groups excluding carboxylic acids is 3. The van der Waals surface area contributed by atoms with Crippen LogP contribution in [0.4, 0.5) is 5.69 Å². The molecule has 0 spiro atoms. The minimum Gasteiger partial charge on any atom is -0.495 e. The lowest BCUT2D eigenvalue weighted by molar-refractivity contribution is -0.147. The van der Waals surface area contributed by atoms with Crippen molar-refractivity contribution < 1.29 is 19.1 Å². The van der Waals surface area contributed by atoms with Crippen LogP contribution >= 0.6 is 11.6 Å². The van der Waals surface area contributed by atoms with Gasteiger partial charge in [-0.1, -0.05) is 41.9 Å². The number of hydrogen-bond acceptors (Lipinski definition) is 4. The normalized spacial score (nSPS) is 14.2. The third kappa shape index (κ3) is 4.68. The number of amides is 3. The van der Waals surface area contributed by atoms with Crippen LogP contribution in [-0.2, 0) is 20.9 Å². The van der Waals surface area contributed by atoms with Crippen molar-refractivity contribution in [3.8, 4) is 5.75 Å². The molecule has 152 valence electrons. The highest BCUT2D eigenvalue weighted by Gasteiger charge is 2.35. The number of methoxy groups -OCH3 is 1. The molecule has 2 aromatic rings. The van der Waals surface area contributed by atoms with E-state index in [9.17, 15) is 14.4 Å². The van der Waals surface area contributed by atoms with Crippen LogP contribution in [-0.4, -0.2) is 49.4 Å². The molecule has 1 aliphatic rings. The van der Waals surface area contributed by atoms with Gasteiger partial charge in [0.2, 0.25) is 5.91 Å². The Morgan fingerprint density at radius 1 is 1.14 bits per heavy atom. The molecule has 0 atom stereocenters. The molecule has 2 aromatic carbocycles. The summed E-state index contributed by atoms with van der Waals surface area (Å²) in [7, 11) is 1.48. The molecular formula is C21H22ClN3O4. The van der Waals surface area contributed by atoms with Crippen LogP contribution in [0, 0.1) is 6.92 Å². The van der Waals surface area contributed by atoms with Gasteiger partial charge in [-0.3, -0.25) is 19.3 Å². The van der Waals surface area contributed by atoms with Crippen LogP contribution in [0.25, 0.3) is 0 Å². The van der Waals surface area contributed by atoms with E-state index in [0.29, 0.717) is 23.0 Å². The van der Waals surface area contributed by atoms with E-state index in [1.165, 1.54) is 16.9 Å². The molecule has 3 rings (SSSR count). The molecule has 1 aliphatic heterocycles. The summed E-state index contributed by atoms with van der Waals surface area (Å²) < 4.78 is 5.32. The Labute approximate surface area is 174 Å². The summed E-state index contributed by atoms with van der Waals surface area (Å²) in [6.07, 6.45) is 0. The van der Waals surface area contributed by atoms with Gasteiger partial charge < -0.3 is 15.0 Å². The summed E-state index contributed by atoms with van der Waals surface area (Å²) in [4.78, 5) is 40.1. The number of anilines is 1. The molecule has 0 bridgehead atoms. The molecule has 0 unspecified atom stereocenters. The fourth-order valence-corrected chi connectivity index (χ4v) is 3.26. The minimum absolute atomic E-state index is 0.165. The average molecular weight is 416 g/mol. The molecule has 1 fully saturated rings. The molecule has 29 heavy (non-hydrogen) atoms. The number of benzene rings is 2. The molecule has 0 aromatic heterocycles. The largest absolute Gasteiger partial charge is 0.495 e. The van der Waals surface area contributed by atoms with Crippen LogP contribution in [0.2, 0.25) is 5.02 Å². The van der Waals surface area contributed by atoms with Gasteiger partial charge >= 0.3 is 11.8 Å². The Balaban J connectivity index is 1.64. The van der Waals surface area contributed by atoms with Gasteiger partial charge in [-0.2, -0.15) is 0 Å². The molecule has 0 radical (unpaired) electrons. The molecule has 1 saturated heterocycles. The van der Waals surface area contributed by atoms with E-state index in [-0.39, 0.29) is 25.5 Å². The summed E-state index contributed by atoms with van der Waals surface area (Å²) in [5.74, 6) is -1.33. The number of piperazine rings is 1. The Bertz CT molecular complexity index is 933. The van der Waals surface area contributed by atoms with Crippen LogP contribution in [0.1, 0.15) is 11.1 Å². The van der Waals surface area contributed by atoms with Gasteiger partial charge in [0, 0.05) is 30.7 Å². The van der Waals surface area contributed by atoms with E-state index in [4.69, 9.17) is 16.3 Å². The maximum Gasteiger partial charge on any atom is 0.316 e. The fourth-order valence-electron chi connectivity index (χ4n) is 3.10. The number of ether oxygens (including phenoxy) is 1. The Hall–Kier alpha value is -3.06. The number of carbonyl (C=O) groups is 3. The first-order valence-electron chi connectivity index (χ1n) is 9.16. The quantitative estimate of drug-likeness (QED) is 0.733. The zero-order chi connectivity index (χ0) is 21.0. The van der Waals surface area contributed by atoms with Crippen molar-refractivity contribution in [2.45, 2.75) is 13.5 Å². The van der Waals surface area contributed by atoms with Crippen molar-refractivity contribution in [1.82, 2.24) is 10.2 Å². The second-order valence-corrected chi connectivity index (χ2v) is 7.13. The first-order chi connectivity index (χ1) is 13.9. The van der Waals surface area contributed by atoms with Crippen LogP contribution in [0.5, 0.6) is 5.75 Å². The molecule has 0 aliphatic carbocycles. The maximum absolute atomic E-state index is 12.7. The maximum atomic E-state index is 12.7. The summed E-state index contributed by atoms with van der Waals surface area (Å²) in [5.41, 5.74) is 2.21. The number of rotatable bonds is 6. The van der Waals surface area contributed by atoms with Crippen molar-refractivity contribution >= 4 is 35.0 Å².